The van der Waals surface area contributed by atoms with Crippen LogP contribution in [0.3, 0.4) is 0 Å². The van der Waals surface area contributed by atoms with E-state index >= 15 is 0 Å². The summed E-state index contributed by atoms with van der Waals surface area (Å²) in [6, 6.07) is 1.99. The minimum Gasteiger partial charge on any atom is -0.353 e. The second-order valence-corrected chi connectivity index (χ2v) is 6.96. The predicted octanol–water partition coefficient (Wildman–Crippen LogP) is 2.32. The number of hydrogen-bond acceptors (Lipinski definition) is 7. The van der Waals surface area contributed by atoms with Crippen molar-refractivity contribution >= 4 is 33.3 Å². The van der Waals surface area contributed by atoms with Crippen molar-refractivity contribution < 1.29 is 4.52 Å². The lowest BCUT2D eigenvalue weighted by Crippen LogP contribution is -2.47. The van der Waals surface area contributed by atoms with Crippen LogP contribution in [0.2, 0.25) is 0 Å². The van der Waals surface area contributed by atoms with Gasteiger partial charge in [-0.2, -0.15) is 10.1 Å². The van der Waals surface area contributed by atoms with E-state index in [0.29, 0.717) is 11.8 Å². The molecule has 4 rings (SSSR count). The molecule has 1 fully saturated rings. The van der Waals surface area contributed by atoms with Crippen LogP contribution in [0, 0.1) is 0 Å². The number of halogens is 1. The quantitative estimate of drug-likeness (QED) is 0.677. The van der Waals surface area contributed by atoms with Crippen molar-refractivity contribution in [1.82, 2.24) is 24.7 Å². The molecule has 9 heteroatoms. The Morgan fingerprint density at radius 1 is 1.12 bits per heavy atom. The summed E-state index contributed by atoms with van der Waals surface area (Å²) in [6.45, 7) is 7.49. The molecule has 0 atom stereocenters. The van der Waals surface area contributed by atoms with Gasteiger partial charge in [-0.25, -0.2) is 9.50 Å². The molecule has 0 saturated carbocycles. The summed E-state index contributed by atoms with van der Waals surface area (Å²) in [7, 11) is 0. The average molecular weight is 392 g/mol. The van der Waals surface area contributed by atoms with Gasteiger partial charge in [0, 0.05) is 38.3 Å². The Bertz CT molecular complexity index is 851. The van der Waals surface area contributed by atoms with Crippen molar-refractivity contribution in [2.24, 2.45) is 0 Å². The second-order valence-electron chi connectivity index (χ2n) is 6.11. The molecule has 0 aromatic carbocycles. The molecule has 0 unspecified atom stereocenters. The van der Waals surface area contributed by atoms with Crippen molar-refractivity contribution in [3.63, 3.8) is 0 Å². The summed E-state index contributed by atoms with van der Waals surface area (Å²) in [6.07, 6.45) is 3.69. The van der Waals surface area contributed by atoms with Crippen LogP contribution in [-0.4, -0.2) is 50.9 Å². The van der Waals surface area contributed by atoms with Gasteiger partial charge >= 0.3 is 0 Å². The van der Waals surface area contributed by atoms with Gasteiger partial charge in [0.15, 0.2) is 5.65 Å². The van der Waals surface area contributed by atoms with Gasteiger partial charge in [0.25, 0.3) is 5.95 Å². The summed E-state index contributed by atoms with van der Waals surface area (Å²) >= 11 is 3.48. The molecular weight excluding hydrogens is 374 g/mol. The zero-order valence-corrected chi connectivity index (χ0v) is 15.1. The fourth-order valence-corrected chi connectivity index (χ4v) is 3.10. The number of anilines is 2. The first-order valence-electron chi connectivity index (χ1n) is 7.95. The van der Waals surface area contributed by atoms with E-state index < -0.39 is 0 Å². The molecule has 24 heavy (non-hydrogen) atoms. The highest BCUT2D eigenvalue weighted by Crippen LogP contribution is 2.22. The minimum atomic E-state index is 0.248. The summed E-state index contributed by atoms with van der Waals surface area (Å²) in [5.74, 6) is 2.57. The maximum absolute atomic E-state index is 5.30. The Morgan fingerprint density at radius 3 is 2.58 bits per heavy atom. The van der Waals surface area contributed by atoms with E-state index in [-0.39, 0.29) is 5.92 Å². The summed E-state index contributed by atoms with van der Waals surface area (Å²) < 4.78 is 7.96. The molecule has 0 amide bonds. The third-order valence-electron chi connectivity index (χ3n) is 4.12. The molecular formula is C15H18BrN7O. The predicted molar refractivity (Wildman–Crippen MR) is 93.5 cm³/mol. The van der Waals surface area contributed by atoms with E-state index in [9.17, 15) is 0 Å². The number of nitrogens with zero attached hydrogens (tertiary/aromatic N) is 7. The standard InChI is InChI=1S/C15H18BrN7O/c1-10(2)14-19-15(20-24-14)22-7-5-21(6-8-22)12-3-4-23-13(18-12)11(16)9-17-23/h3-4,9-10H,5-8H2,1-2H3. The lowest BCUT2D eigenvalue weighted by atomic mass is 10.2. The third kappa shape index (κ3) is 2.72. The van der Waals surface area contributed by atoms with Crippen LogP contribution < -0.4 is 9.80 Å². The molecule has 1 aliphatic rings. The minimum absolute atomic E-state index is 0.248. The first kappa shape index (κ1) is 15.4. The van der Waals surface area contributed by atoms with E-state index in [1.54, 1.807) is 10.7 Å². The van der Waals surface area contributed by atoms with Crippen molar-refractivity contribution in [3.05, 3.63) is 28.8 Å². The summed E-state index contributed by atoms with van der Waals surface area (Å²) in [5.41, 5.74) is 0.828. The van der Waals surface area contributed by atoms with Gasteiger partial charge in [0.2, 0.25) is 5.89 Å². The molecule has 1 saturated heterocycles. The van der Waals surface area contributed by atoms with Crippen molar-refractivity contribution in [3.8, 4) is 0 Å². The largest absolute Gasteiger partial charge is 0.353 e. The Labute approximate surface area is 147 Å². The fraction of sp³-hybridized carbons (Fsp3) is 0.467. The van der Waals surface area contributed by atoms with Crippen LogP contribution in [0.1, 0.15) is 25.7 Å². The maximum Gasteiger partial charge on any atom is 0.266 e. The van der Waals surface area contributed by atoms with Gasteiger partial charge in [-0.3, -0.25) is 0 Å². The van der Waals surface area contributed by atoms with E-state index in [4.69, 9.17) is 9.51 Å². The van der Waals surface area contributed by atoms with Gasteiger partial charge < -0.3 is 14.3 Å². The SMILES string of the molecule is CC(C)c1nc(N2CCN(c3ccn4ncc(Br)c4n3)CC2)no1. The molecule has 8 nitrogen and oxygen atoms in total. The lowest BCUT2D eigenvalue weighted by Gasteiger charge is -2.34. The molecule has 126 valence electrons. The Morgan fingerprint density at radius 2 is 1.88 bits per heavy atom. The van der Waals surface area contributed by atoms with Crippen LogP contribution in [0.25, 0.3) is 5.65 Å². The fourth-order valence-electron chi connectivity index (χ4n) is 2.73. The number of aromatic nitrogens is 5. The smallest absolute Gasteiger partial charge is 0.266 e. The monoisotopic (exact) mass is 391 g/mol. The number of fused-ring (bicyclic) bond motifs is 1. The van der Waals surface area contributed by atoms with Crippen molar-refractivity contribution in [2.75, 3.05) is 36.0 Å². The third-order valence-corrected chi connectivity index (χ3v) is 4.68. The average Bonchev–Trinajstić information content (AvgIpc) is 3.23. The van der Waals surface area contributed by atoms with Crippen LogP contribution in [-0.2, 0) is 0 Å². The normalized spacial score (nSPS) is 15.7. The Balaban J connectivity index is 1.47. The van der Waals surface area contributed by atoms with E-state index in [1.165, 1.54) is 0 Å². The lowest BCUT2D eigenvalue weighted by molar-refractivity contribution is 0.364. The van der Waals surface area contributed by atoms with Crippen molar-refractivity contribution in [2.45, 2.75) is 19.8 Å². The van der Waals surface area contributed by atoms with Gasteiger partial charge in [-0.1, -0.05) is 13.8 Å². The van der Waals surface area contributed by atoms with Gasteiger partial charge in [-0.15, -0.1) is 0 Å². The molecule has 1 aliphatic heterocycles. The molecule has 0 bridgehead atoms. The van der Waals surface area contributed by atoms with Crippen LogP contribution in [0.4, 0.5) is 11.8 Å². The summed E-state index contributed by atoms with van der Waals surface area (Å²) in [4.78, 5) is 13.6. The van der Waals surface area contributed by atoms with Gasteiger partial charge in [-0.05, 0) is 27.2 Å². The Kier molecular flexibility index (Phi) is 3.87. The Hall–Kier alpha value is -2.16. The first-order valence-corrected chi connectivity index (χ1v) is 8.74. The molecule has 0 N–H and O–H groups in total. The summed E-state index contributed by atoms with van der Waals surface area (Å²) in [5, 5.41) is 8.32. The van der Waals surface area contributed by atoms with Crippen molar-refractivity contribution in [1.29, 1.82) is 0 Å². The van der Waals surface area contributed by atoms with Gasteiger partial charge in [0.1, 0.15) is 5.82 Å². The molecule has 0 aliphatic carbocycles. The number of rotatable bonds is 3. The second kappa shape index (κ2) is 6.04. The van der Waals surface area contributed by atoms with E-state index in [1.807, 2.05) is 26.1 Å². The molecule has 3 aromatic rings. The van der Waals surface area contributed by atoms with Crippen LogP contribution in [0.5, 0.6) is 0 Å². The number of hydrogen-bond donors (Lipinski definition) is 0. The molecule has 0 spiro atoms. The van der Waals surface area contributed by atoms with Crippen LogP contribution >= 0.6 is 15.9 Å². The van der Waals surface area contributed by atoms with Crippen LogP contribution in [0.15, 0.2) is 27.5 Å². The van der Waals surface area contributed by atoms with E-state index in [0.717, 1.165) is 42.1 Å². The molecule has 0 radical (unpaired) electrons. The van der Waals surface area contributed by atoms with E-state index in [2.05, 4.69) is 41.0 Å². The highest BCUT2D eigenvalue weighted by Gasteiger charge is 2.22. The highest BCUT2D eigenvalue weighted by molar-refractivity contribution is 9.10. The molecule has 3 aromatic heterocycles. The van der Waals surface area contributed by atoms with Gasteiger partial charge in [0.05, 0.1) is 10.7 Å². The zero-order valence-electron chi connectivity index (χ0n) is 13.6. The zero-order chi connectivity index (χ0) is 16.7. The molecule has 4 heterocycles. The topological polar surface area (TPSA) is 75.6 Å². The maximum atomic E-state index is 5.30. The first-order chi connectivity index (χ1) is 11.6. The number of piperazine rings is 1. The highest BCUT2D eigenvalue weighted by atomic mass is 79.9.